The molecule has 0 aliphatic carbocycles. The number of carbonyl (C=O) groups is 6. The van der Waals surface area contributed by atoms with Crippen LogP contribution >= 0.6 is 0 Å². The Morgan fingerprint density at radius 2 is 0.600 bits per heavy atom. The lowest BCUT2D eigenvalue weighted by molar-refractivity contribution is -0.151. The molecule has 0 radical (unpaired) electrons. The van der Waals surface area contributed by atoms with Crippen molar-refractivity contribution in [2.24, 2.45) is 0 Å². The predicted molar refractivity (Wildman–Crippen MR) is 192 cm³/mol. The van der Waals surface area contributed by atoms with E-state index in [0.29, 0.717) is 78.0 Å². The van der Waals surface area contributed by atoms with Crippen molar-refractivity contribution in [3.8, 4) is 0 Å². The van der Waals surface area contributed by atoms with Crippen molar-refractivity contribution in [2.75, 3.05) is 33.0 Å². The van der Waals surface area contributed by atoms with Gasteiger partial charge < -0.3 is 28.4 Å². The maximum Gasteiger partial charge on any atom is 0.306 e. The second-order valence-electron chi connectivity index (χ2n) is 11.8. The number of esters is 6. The van der Waals surface area contributed by atoms with E-state index in [1.54, 1.807) is 6.92 Å². The van der Waals surface area contributed by atoms with Crippen LogP contribution in [0.4, 0.5) is 0 Å². The Balaban J connectivity index is -0.000000664. The van der Waals surface area contributed by atoms with Gasteiger partial charge in [0.15, 0.2) is 0 Å². The molecule has 12 nitrogen and oxygen atoms in total. The Morgan fingerprint density at radius 1 is 0.360 bits per heavy atom. The Morgan fingerprint density at radius 3 is 0.880 bits per heavy atom. The van der Waals surface area contributed by atoms with Gasteiger partial charge in [0.05, 0.1) is 33.0 Å². The zero-order valence-corrected chi connectivity index (χ0v) is 32.4. The van der Waals surface area contributed by atoms with Crippen LogP contribution in [0.25, 0.3) is 0 Å². The highest BCUT2D eigenvalue weighted by Gasteiger charge is 2.10. The summed E-state index contributed by atoms with van der Waals surface area (Å²) in [7, 11) is 0. The highest BCUT2D eigenvalue weighted by atomic mass is 16.6. The van der Waals surface area contributed by atoms with Gasteiger partial charge in [0.2, 0.25) is 0 Å². The fourth-order valence-electron chi connectivity index (χ4n) is 3.77. The van der Waals surface area contributed by atoms with Crippen molar-refractivity contribution >= 4 is 35.8 Å². The van der Waals surface area contributed by atoms with Crippen LogP contribution in [0.15, 0.2) is 0 Å². The van der Waals surface area contributed by atoms with Crippen LogP contribution in [0.2, 0.25) is 0 Å². The van der Waals surface area contributed by atoms with Crippen molar-refractivity contribution in [2.45, 2.75) is 177 Å². The summed E-state index contributed by atoms with van der Waals surface area (Å²) in [6, 6.07) is 0. The first kappa shape index (κ1) is 51.2. The summed E-state index contributed by atoms with van der Waals surface area (Å²) in [6.45, 7) is 15.6. The maximum absolute atomic E-state index is 11.1. The third-order valence-corrected chi connectivity index (χ3v) is 6.47. The molecule has 0 aromatic heterocycles. The molecule has 0 heterocycles. The molecule has 0 rings (SSSR count). The Hall–Kier alpha value is -3.18. The van der Waals surface area contributed by atoms with E-state index in [1.165, 1.54) is 0 Å². The molecule has 12 heteroatoms. The number of ether oxygens (including phenoxy) is 6. The summed E-state index contributed by atoms with van der Waals surface area (Å²) in [5.41, 5.74) is 0. The molecule has 0 bridgehead atoms. The smallest absolute Gasteiger partial charge is 0.306 e. The second-order valence-corrected chi connectivity index (χ2v) is 11.8. The van der Waals surface area contributed by atoms with Gasteiger partial charge in [0, 0.05) is 44.9 Å². The summed E-state index contributed by atoms with van der Waals surface area (Å²) in [6.07, 6.45) is 13.4. The van der Waals surface area contributed by atoms with Crippen molar-refractivity contribution in [1.82, 2.24) is 0 Å². The zero-order valence-electron chi connectivity index (χ0n) is 32.4. The van der Waals surface area contributed by atoms with Crippen LogP contribution in [0.1, 0.15) is 170 Å². The maximum atomic E-state index is 11.1. The number of hydrogen-bond donors (Lipinski definition) is 0. The van der Waals surface area contributed by atoms with Crippen molar-refractivity contribution in [1.29, 1.82) is 0 Å². The zero-order chi connectivity index (χ0) is 38.3. The Bertz CT molecular complexity index is 813. The summed E-state index contributed by atoms with van der Waals surface area (Å²) < 4.78 is 30.1. The molecule has 0 aromatic carbocycles. The van der Waals surface area contributed by atoms with Crippen LogP contribution in [-0.4, -0.2) is 75.0 Å². The van der Waals surface area contributed by atoms with Crippen LogP contribution in [0.3, 0.4) is 0 Å². The summed E-state index contributed by atoms with van der Waals surface area (Å²) in [5, 5.41) is 0. The molecule has 0 fully saturated rings. The van der Waals surface area contributed by atoms with Crippen LogP contribution in [0, 0.1) is 0 Å². The number of rotatable bonds is 28. The largest absolute Gasteiger partial charge is 0.466 e. The van der Waals surface area contributed by atoms with Crippen LogP contribution in [0.5, 0.6) is 0 Å². The molecule has 0 aliphatic rings. The molecular weight excluding hydrogens is 648 g/mol. The summed E-state index contributed by atoms with van der Waals surface area (Å²) >= 11 is 0. The lowest BCUT2D eigenvalue weighted by Gasteiger charge is -2.12. The van der Waals surface area contributed by atoms with E-state index in [9.17, 15) is 28.8 Å². The van der Waals surface area contributed by atoms with Gasteiger partial charge in [-0.1, -0.05) is 41.5 Å². The fourth-order valence-corrected chi connectivity index (χ4v) is 3.77. The molecule has 0 aromatic rings. The fraction of sp³-hybridized carbons (Fsp3) is 0.842. The normalized spacial score (nSPS) is 10.6. The Kier molecular flexibility index (Phi) is 41.2. The molecule has 294 valence electrons. The van der Waals surface area contributed by atoms with Gasteiger partial charge in [0.1, 0.15) is 6.10 Å². The van der Waals surface area contributed by atoms with Crippen LogP contribution < -0.4 is 0 Å². The first-order valence-electron chi connectivity index (χ1n) is 19.0. The first-order chi connectivity index (χ1) is 24.0. The van der Waals surface area contributed by atoms with Gasteiger partial charge in [-0.25, -0.2) is 0 Å². The van der Waals surface area contributed by atoms with Crippen molar-refractivity contribution < 1.29 is 57.2 Å². The van der Waals surface area contributed by atoms with E-state index in [-0.39, 0.29) is 41.9 Å². The molecule has 0 amide bonds. The summed E-state index contributed by atoms with van der Waals surface area (Å²) in [4.78, 5) is 66.1. The minimum absolute atomic E-state index is 0.106. The van der Waals surface area contributed by atoms with E-state index in [4.69, 9.17) is 28.4 Å². The van der Waals surface area contributed by atoms with E-state index >= 15 is 0 Å². The molecular formula is C38H70O12. The van der Waals surface area contributed by atoms with Crippen molar-refractivity contribution in [3.05, 3.63) is 0 Å². The van der Waals surface area contributed by atoms with Gasteiger partial charge >= 0.3 is 35.8 Å². The van der Waals surface area contributed by atoms with Gasteiger partial charge in [0.25, 0.3) is 0 Å². The van der Waals surface area contributed by atoms with E-state index in [0.717, 1.165) is 77.0 Å². The predicted octanol–water partition coefficient (Wildman–Crippen LogP) is 8.14. The topological polar surface area (TPSA) is 158 Å². The van der Waals surface area contributed by atoms with Gasteiger partial charge in [-0.15, -0.1) is 0 Å². The average molecular weight is 719 g/mol. The average Bonchev–Trinajstić information content (AvgIpc) is 3.05. The van der Waals surface area contributed by atoms with Crippen LogP contribution in [-0.2, 0) is 57.2 Å². The van der Waals surface area contributed by atoms with E-state index < -0.39 is 0 Å². The SMILES string of the molecule is CCCC(=O)OCCC(C)OC(=O)CCC.CCCC(=O)OCCCCCCOC(=O)CCC.CCCC(=O)OCCCCOC(=O)CCC. The monoisotopic (exact) mass is 718 g/mol. The molecule has 50 heavy (non-hydrogen) atoms. The first-order valence-corrected chi connectivity index (χ1v) is 19.0. The lowest BCUT2D eigenvalue weighted by Crippen LogP contribution is -2.17. The molecule has 1 atom stereocenters. The highest BCUT2D eigenvalue weighted by Crippen LogP contribution is 2.04. The standard InChI is InChI=1S/C14H26O4.2C12H22O4/c1-3-9-13(15)17-11-7-5-6-8-12-18-14(16)10-4-2;1-4-6-11(13)15-9-8-10(3)16-12(14)7-5-2;1-3-7-11(13)15-9-5-6-10-16-12(14)8-4-2/h3-12H2,1-2H3;10H,4-9H2,1-3H3;3-10H2,1-2H3. The quantitative estimate of drug-likeness (QED) is 0.0435. The third-order valence-electron chi connectivity index (χ3n) is 6.47. The molecule has 0 aliphatic heterocycles. The van der Waals surface area contributed by atoms with Crippen molar-refractivity contribution in [3.63, 3.8) is 0 Å². The summed E-state index contributed by atoms with van der Waals surface area (Å²) in [5.74, 6) is -0.877. The highest BCUT2D eigenvalue weighted by molar-refractivity contribution is 5.71. The minimum atomic E-state index is -0.187. The lowest BCUT2D eigenvalue weighted by atomic mass is 10.2. The Labute approximate surface area is 302 Å². The molecule has 0 saturated carbocycles. The van der Waals surface area contributed by atoms with Gasteiger partial charge in [-0.2, -0.15) is 0 Å². The molecule has 0 spiro atoms. The molecule has 0 N–H and O–H groups in total. The molecule has 0 saturated heterocycles. The minimum Gasteiger partial charge on any atom is -0.466 e. The molecule has 1 unspecified atom stereocenters. The van der Waals surface area contributed by atoms with E-state index in [2.05, 4.69) is 0 Å². The second kappa shape index (κ2) is 40.3. The third kappa shape index (κ3) is 42.8. The number of hydrogen-bond acceptors (Lipinski definition) is 12. The van der Waals surface area contributed by atoms with E-state index in [1.807, 2.05) is 41.5 Å². The van der Waals surface area contributed by atoms with Gasteiger partial charge in [-0.05, 0) is 84.0 Å². The number of unbranched alkanes of at least 4 members (excludes halogenated alkanes) is 4. The van der Waals surface area contributed by atoms with Gasteiger partial charge in [-0.3, -0.25) is 28.8 Å². The number of carbonyl (C=O) groups excluding carboxylic acids is 6.